The Labute approximate surface area is 89.7 Å². The summed E-state index contributed by atoms with van der Waals surface area (Å²) in [6, 6.07) is 3.75. The molecule has 0 atom stereocenters. The Balaban J connectivity index is 2.94. The summed E-state index contributed by atoms with van der Waals surface area (Å²) >= 11 is 7.90. The molecular weight excluding hydrogens is 307 g/mol. The van der Waals surface area contributed by atoms with Crippen molar-refractivity contribution in [3.05, 3.63) is 32.3 Å². The average Bonchev–Trinajstić information content (AvgIpc) is 2.48. The van der Waals surface area contributed by atoms with Crippen LogP contribution in [-0.4, -0.2) is 0 Å². The van der Waals surface area contributed by atoms with Crippen molar-refractivity contribution in [1.82, 2.24) is 0 Å². The Morgan fingerprint density at radius 2 is 2.08 bits per heavy atom. The van der Waals surface area contributed by atoms with Crippen LogP contribution in [0.2, 0.25) is 0 Å². The van der Waals surface area contributed by atoms with E-state index >= 15 is 0 Å². The fraction of sp³-hybridized carbons (Fsp3) is 0. The van der Waals surface area contributed by atoms with E-state index in [0.717, 1.165) is 10.1 Å². The van der Waals surface area contributed by atoms with Gasteiger partial charge in [0.25, 0.3) is 0 Å². The van der Waals surface area contributed by atoms with Crippen LogP contribution in [0, 0.1) is 5.82 Å². The number of hydrogen-bond acceptors (Lipinski definition) is 1. The molecule has 0 fully saturated rings. The fourth-order valence-corrected chi connectivity index (χ4v) is 3.26. The van der Waals surface area contributed by atoms with Crippen molar-refractivity contribution in [2.24, 2.45) is 0 Å². The van der Waals surface area contributed by atoms with Crippen LogP contribution in [0.25, 0.3) is 10.1 Å². The highest BCUT2D eigenvalue weighted by Gasteiger charge is 2.09. The zero-order chi connectivity index (χ0) is 8.72. The molecule has 0 nitrogen and oxygen atoms in total. The van der Waals surface area contributed by atoms with Crippen LogP contribution in [0.3, 0.4) is 0 Å². The summed E-state index contributed by atoms with van der Waals surface area (Å²) in [7, 11) is 0. The van der Waals surface area contributed by atoms with E-state index < -0.39 is 0 Å². The molecule has 0 aliphatic carbocycles. The van der Waals surface area contributed by atoms with Gasteiger partial charge in [-0.25, -0.2) is 4.39 Å². The molecule has 0 aliphatic rings. The summed E-state index contributed by atoms with van der Waals surface area (Å²) in [6.45, 7) is 0. The predicted octanol–water partition coefficient (Wildman–Crippen LogP) is 4.57. The quantitative estimate of drug-likeness (QED) is 0.626. The molecule has 0 bridgehead atoms. The molecule has 12 heavy (non-hydrogen) atoms. The van der Waals surface area contributed by atoms with E-state index in [0.29, 0.717) is 8.95 Å². The third kappa shape index (κ3) is 1.22. The van der Waals surface area contributed by atoms with Crippen molar-refractivity contribution < 1.29 is 4.39 Å². The number of hydrogen-bond donors (Lipinski definition) is 0. The summed E-state index contributed by atoms with van der Waals surface area (Å²) in [5, 5.41) is 3.00. The molecule has 1 aromatic carbocycles. The van der Waals surface area contributed by atoms with Gasteiger partial charge in [-0.1, -0.05) is 0 Å². The summed E-state index contributed by atoms with van der Waals surface area (Å²) < 4.78 is 15.2. The Kier molecular flexibility index (Phi) is 2.23. The lowest BCUT2D eigenvalue weighted by Crippen LogP contribution is -1.78. The third-order valence-electron chi connectivity index (χ3n) is 1.58. The number of thiophene rings is 1. The largest absolute Gasteiger partial charge is 0.204 e. The lowest BCUT2D eigenvalue weighted by atomic mass is 10.3. The fourth-order valence-electron chi connectivity index (χ4n) is 1.02. The van der Waals surface area contributed by atoms with Gasteiger partial charge in [-0.15, -0.1) is 11.3 Å². The maximum absolute atomic E-state index is 13.3. The first-order valence-corrected chi connectivity index (χ1v) is 5.67. The van der Waals surface area contributed by atoms with Crippen LogP contribution in [-0.2, 0) is 0 Å². The molecule has 0 radical (unpaired) electrons. The van der Waals surface area contributed by atoms with Gasteiger partial charge in [-0.05, 0) is 54.8 Å². The van der Waals surface area contributed by atoms with E-state index in [9.17, 15) is 4.39 Å². The SMILES string of the molecule is Fc1c(Br)cc2ccsc2c1Br. The zero-order valence-corrected chi connectivity index (χ0v) is 9.76. The van der Waals surface area contributed by atoms with Crippen molar-refractivity contribution in [2.45, 2.75) is 0 Å². The molecule has 62 valence electrons. The van der Waals surface area contributed by atoms with Gasteiger partial charge < -0.3 is 0 Å². The number of halogens is 3. The predicted molar refractivity (Wildman–Crippen MR) is 57.2 cm³/mol. The first kappa shape index (κ1) is 8.66. The van der Waals surface area contributed by atoms with Gasteiger partial charge in [0.2, 0.25) is 0 Å². The van der Waals surface area contributed by atoms with Gasteiger partial charge >= 0.3 is 0 Å². The minimum Gasteiger partial charge on any atom is -0.204 e. The molecule has 0 saturated carbocycles. The summed E-state index contributed by atoms with van der Waals surface area (Å²) in [6.07, 6.45) is 0. The number of rotatable bonds is 0. The topological polar surface area (TPSA) is 0 Å². The molecule has 0 N–H and O–H groups in total. The van der Waals surface area contributed by atoms with Gasteiger partial charge in [0, 0.05) is 0 Å². The van der Waals surface area contributed by atoms with Crippen molar-refractivity contribution in [2.75, 3.05) is 0 Å². The van der Waals surface area contributed by atoms with Gasteiger partial charge in [0.1, 0.15) is 0 Å². The molecule has 0 amide bonds. The third-order valence-corrected chi connectivity index (χ3v) is 4.11. The van der Waals surface area contributed by atoms with Crippen LogP contribution in [0.5, 0.6) is 0 Å². The van der Waals surface area contributed by atoms with E-state index in [-0.39, 0.29) is 5.82 Å². The maximum atomic E-state index is 13.3. The summed E-state index contributed by atoms with van der Waals surface area (Å²) in [5.41, 5.74) is 0. The Morgan fingerprint density at radius 3 is 2.83 bits per heavy atom. The Morgan fingerprint density at radius 1 is 1.33 bits per heavy atom. The van der Waals surface area contributed by atoms with Crippen molar-refractivity contribution in [3.63, 3.8) is 0 Å². The molecule has 0 aliphatic heterocycles. The normalized spacial score (nSPS) is 10.9. The van der Waals surface area contributed by atoms with Crippen LogP contribution >= 0.6 is 43.2 Å². The van der Waals surface area contributed by atoms with Crippen molar-refractivity contribution in [1.29, 1.82) is 0 Å². The molecule has 0 saturated heterocycles. The molecule has 4 heteroatoms. The van der Waals surface area contributed by atoms with Gasteiger partial charge in [-0.3, -0.25) is 0 Å². The average molecular weight is 310 g/mol. The highest BCUT2D eigenvalue weighted by molar-refractivity contribution is 9.11. The smallest absolute Gasteiger partial charge is 0.153 e. The van der Waals surface area contributed by atoms with Gasteiger partial charge in [-0.2, -0.15) is 0 Å². The van der Waals surface area contributed by atoms with Gasteiger partial charge in [0.05, 0.1) is 13.6 Å². The zero-order valence-electron chi connectivity index (χ0n) is 5.77. The van der Waals surface area contributed by atoms with Crippen LogP contribution in [0.1, 0.15) is 0 Å². The molecule has 2 rings (SSSR count). The first-order chi connectivity index (χ1) is 5.70. The highest BCUT2D eigenvalue weighted by Crippen LogP contribution is 2.35. The molecular formula is C8H3Br2FS. The van der Waals surface area contributed by atoms with E-state index in [1.807, 2.05) is 11.4 Å². The van der Waals surface area contributed by atoms with Crippen LogP contribution in [0.15, 0.2) is 26.5 Å². The number of fused-ring (bicyclic) bond motifs is 1. The van der Waals surface area contributed by atoms with Crippen LogP contribution < -0.4 is 0 Å². The second kappa shape index (κ2) is 3.09. The van der Waals surface area contributed by atoms with E-state index in [1.165, 1.54) is 11.3 Å². The minimum absolute atomic E-state index is 0.232. The van der Waals surface area contributed by atoms with Crippen LogP contribution in [0.4, 0.5) is 4.39 Å². The molecule has 0 spiro atoms. The van der Waals surface area contributed by atoms with E-state index in [2.05, 4.69) is 31.9 Å². The van der Waals surface area contributed by atoms with Gasteiger partial charge in [0.15, 0.2) is 5.82 Å². The molecule has 1 heterocycles. The lowest BCUT2D eigenvalue weighted by Gasteiger charge is -1.98. The monoisotopic (exact) mass is 308 g/mol. The molecule has 0 unspecified atom stereocenters. The molecule has 2 aromatic rings. The second-order valence-corrected chi connectivity index (χ2v) is 4.89. The molecule has 1 aromatic heterocycles. The minimum atomic E-state index is -0.232. The van der Waals surface area contributed by atoms with E-state index in [1.54, 1.807) is 6.07 Å². The summed E-state index contributed by atoms with van der Waals surface area (Å²) in [4.78, 5) is 0. The maximum Gasteiger partial charge on any atom is 0.153 e. The van der Waals surface area contributed by atoms with E-state index in [4.69, 9.17) is 0 Å². The van der Waals surface area contributed by atoms with Crippen molar-refractivity contribution >= 4 is 53.3 Å². The number of benzene rings is 1. The Hall–Kier alpha value is 0.0700. The highest BCUT2D eigenvalue weighted by atomic mass is 79.9. The Bertz CT molecular complexity index is 436. The second-order valence-electron chi connectivity index (χ2n) is 2.33. The standard InChI is InChI=1S/C8H3Br2FS/c9-5-3-4-1-2-12-8(4)6(10)7(5)11/h1-3H. The lowest BCUT2D eigenvalue weighted by molar-refractivity contribution is 0.617. The first-order valence-electron chi connectivity index (χ1n) is 3.21. The summed E-state index contributed by atoms with van der Waals surface area (Å²) in [5.74, 6) is -0.232. The van der Waals surface area contributed by atoms with Crippen molar-refractivity contribution in [3.8, 4) is 0 Å².